The van der Waals surface area contributed by atoms with Crippen LogP contribution in [0.25, 0.3) is 0 Å². The quantitative estimate of drug-likeness (QED) is 0.443. The highest BCUT2D eigenvalue weighted by Crippen LogP contribution is 2.43. The zero-order chi connectivity index (χ0) is 21.7. The lowest BCUT2D eigenvalue weighted by molar-refractivity contribution is -0.137. The van der Waals surface area contributed by atoms with E-state index in [-0.39, 0.29) is 30.3 Å². The smallest absolute Gasteiger partial charge is 0.450 e. The van der Waals surface area contributed by atoms with Crippen molar-refractivity contribution in [3.63, 3.8) is 0 Å². The molecule has 1 aromatic carbocycles. The number of piperidine rings is 1. The van der Waals surface area contributed by atoms with Crippen molar-refractivity contribution in [2.75, 3.05) is 13.2 Å². The minimum absolute atomic E-state index is 0.110. The number of ether oxygens (including phenoxy) is 1. The highest BCUT2D eigenvalue weighted by Gasteiger charge is 2.38. The first kappa shape index (κ1) is 22.3. The van der Waals surface area contributed by atoms with Gasteiger partial charge in [0.15, 0.2) is 0 Å². The average molecular weight is 419 g/mol. The van der Waals surface area contributed by atoms with Gasteiger partial charge >= 0.3 is 6.16 Å². The summed E-state index contributed by atoms with van der Waals surface area (Å²) in [6, 6.07) is 6.28. The first-order valence-corrected chi connectivity index (χ1v) is 10.6. The molecule has 0 saturated carbocycles. The van der Waals surface area contributed by atoms with Crippen LogP contribution in [0, 0.1) is 11.7 Å². The molecule has 1 aliphatic heterocycles. The molecular formula is C23H30FNO5. The predicted octanol–water partition coefficient (Wildman–Crippen LogP) is 3.92. The molecule has 1 heterocycles. The van der Waals surface area contributed by atoms with E-state index >= 15 is 0 Å². The maximum absolute atomic E-state index is 13.0. The molecule has 2 unspecified atom stereocenters. The molecule has 0 spiro atoms. The van der Waals surface area contributed by atoms with Gasteiger partial charge in [-0.1, -0.05) is 23.3 Å². The summed E-state index contributed by atoms with van der Waals surface area (Å²) in [7, 11) is 0. The number of rotatable bonds is 10. The van der Waals surface area contributed by atoms with Crippen LogP contribution in [-0.2, 0) is 16.0 Å². The van der Waals surface area contributed by atoms with Gasteiger partial charge in [-0.3, -0.25) is 4.79 Å². The number of aliphatic hydroxyl groups is 1. The van der Waals surface area contributed by atoms with Crippen LogP contribution in [0.15, 0.2) is 35.4 Å². The van der Waals surface area contributed by atoms with E-state index in [2.05, 4.69) is 4.74 Å². The Bertz CT molecular complexity index is 791. The van der Waals surface area contributed by atoms with Crippen molar-refractivity contribution in [3.05, 3.63) is 46.8 Å². The third-order valence-corrected chi connectivity index (χ3v) is 6.25. The Morgan fingerprint density at radius 2 is 2.07 bits per heavy atom. The van der Waals surface area contributed by atoms with E-state index in [4.69, 9.17) is 5.11 Å². The van der Waals surface area contributed by atoms with Crippen LogP contribution in [0.5, 0.6) is 0 Å². The van der Waals surface area contributed by atoms with E-state index in [1.165, 1.54) is 23.3 Å². The summed E-state index contributed by atoms with van der Waals surface area (Å²) < 4.78 is 17.6. The number of halogens is 1. The fraction of sp³-hybridized carbons (Fsp3) is 0.565. The minimum atomic E-state index is -1.27. The van der Waals surface area contributed by atoms with Crippen molar-refractivity contribution in [2.45, 2.75) is 64.0 Å². The van der Waals surface area contributed by atoms with Gasteiger partial charge in [0.2, 0.25) is 5.91 Å². The van der Waals surface area contributed by atoms with Gasteiger partial charge in [0, 0.05) is 31.3 Å². The molecule has 6 nitrogen and oxygen atoms in total. The summed E-state index contributed by atoms with van der Waals surface area (Å²) in [6.45, 7) is 2.80. The number of nitrogens with zero attached hydrogens (tertiary/aromatic N) is 1. The fourth-order valence-electron chi connectivity index (χ4n) is 4.44. The lowest BCUT2D eigenvalue weighted by atomic mass is 9.94. The standard InChI is InChI=1S/C23H30FNO5/c1-15-20(11-12-30-23(28)29)21(15)14-25-18(3-2-4-22(25)27)9-10-19(26)13-16-5-7-17(24)8-6-16/h5-8,18-19,21,26H,2-4,9-14H2,1H3,(H,28,29)/t18-,19?,21?/m1/s1. The second kappa shape index (κ2) is 10.1. The molecule has 164 valence electrons. The molecule has 1 amide bonds. The zero-order valence-electron chi connectivity index (χ0n) is 17.3. The second-order valence-electron chi connectivity index (χ2n) is 8.28. The normalized spacial score (nSPS) is 22.2. The molecular weight excluding hydrogens is 389 g/mol. The van der Waals surface area contributed by atoms with Gasteiger partial charge < -0.3 is 19.8 Å². The molecule has 0 aromatic heterocycles. The number of benzene rings is 1. The molecule has 2 N–H and O–H groups in total. The first-order valence-electron chi connectivity index (χ1n) is 10.6. The van der Waals surface area contributed by atoms with E-state index in [1.54, 1.807) is 12.1 Å². The van der Waals surface area contributed by atoms with E-state index < -0.39 is 12.3 Å². The maximum atomic E-state index is 13.0. The first-order chi connectivity index (χ1) is 14.3. The van der Waals surface area contributed by atoms with Gasteiger partial charge in [-0.25, -0.2) is 9.18 Å². The molecule has 30 heavy (non-hydrogen) atoms. The van der Waals surface area contributed by atoms with Gasteiger partial charge in [-0.05, 0) is 56.7 Å². The molecule has 1 fully saturated rings. The molecule has 1 aliphatic carbocycles. The number of carbonyl (C=O) groups excluding carboxylic acids is 1. The molecule has 3 rings (SSSR count). The second-order valence-corrected chi connectivity index (χ2v) is 8.28. The Morgan fingerprint density at radius 1 is 1.33 bits per heavy atom. The number of hydrogen-bond acceptors (Lipinski definition) is 4. The minimum Gasteiger partial charge on any atom is -0.450 e. The zero-order valence-corrected chi connectivity index (χ0v) is 17.3. The van der Waals surface area contributed by atoms with Crippen molar-refractivity contribution in [3.8, 4) is 0 Å². The molecule has 7 heteroatoms. The van der Waals surface area contributed by atoms with Crippen molar-refractivity contribution < 1.29 is 28.9 Å². The monoisotopic (exact) mass is 419 g/mol. The van der Waals surface area contributed by atoms with Crippen LogP contribution >= 0.6 is 0 Å². The fourth-order valence-corrected chi connectivity index (χ4v) is 4.44. The van der Waals surface area contributed by atoms with E-state index in [0.717, 1.165) is 24.8 Å². The topological polar surface area (TPSA) is 87.1 Å². The summed E-state index contributed by atoms with van der Waals surface area (Å²) in [5.74, 6) is 0.0821. The summed E-state index contributed by atoms with van der Waals surface area (Å²) in [4.78, 5) is 25.0. The molecule has 0 bridgehead atoms. The molecule has 0 radical (unpaired) electrons. The summed E-state index contributed by atoms with van der Waals surface area (Å²) in [5, 5.41) is 19.0. The van der Waals surface area contributed by atoms with E-state index in [0.29, 0.717) is 32.2 Å². The van der Waals surface area contributed by atoms with Crippen LogP contribution in [0.2, 0.25) is 0 Å². The number of carbonyl (C=O) groups is 2. The van der Waals surface area contributed by atoms with Gasteiger partial charge in [0.1, 0.15) is 5.82 Å². The van der Waals surface area contributed by atoms with Crippen molar-refractivity contribution >= 4 is 12.1 Å². The predicted molar refractivity (Wildman–Crippen MR) is 109 cm³/mol. The number of likely N-dealkylation sites (tertiary alicyclic amines) is 1. The summed E-state index contributed by atoms with van der Waals surface area (Å²) in [5.41, 5.74) is 3.30. The van der Waals surface area contributed by atoms with Gasteiger partial charge in [-0.15, -0.1) is 0 Å². The van der Waals surface area contributed by atoms with Crippen LogP contribution in [0.3, 0.4) is 0 Å². The highest BCUT2D eigenvalue weighted by atomic mass is 19.1. The SMILES string of the molecule is CC1=C(CCOC(=O)O)C1CN1C(=O)CCC[C@@H]1CCC(O)Cc1ccc(F)cc1. The number of aliphatic hydroxyl groups excluding tert-OH is 1. The average Bonchev–Trinajstić information content (AvgIpc) is 3.31. The van der Waals surface area contributed by atoms with Crippen molar-refractivity contribution in [1.82, 2.24) is 4.90 Å². The maximum Gasteiger partial charge on any atom is 0.505 e. The Balaban J connectivity index is 1.48. The van der Waals surface area contributed by atoms with Crippen LogP contribution in [0.4, 0.5) is 9.18 Å². The Kier molecular flexibility index (Phi) is 7.48. The van der Waals surface area contributed by atoms with Gasteiger partial charge in [-0.2, -0.15) is 0 Å². The number of carboxylic acid groups (broad SMARTS) is 1. The van der Waals surface area contributed by atoms with Gasteiger partial charge in [0.25, 0.3) is 0 Å². The van der Waals surface area contributed by atoms with E-state index in [1.807, 2.05) is 11.8 Å². The largest absolute Gasteiger partial charge is 0.505 e. The summed E-state index contributed by atoms with van der Waals surface area (Å²) in [6.07, 6.45) is 2.92. The lowest BCUT2D eigenvalue weighted by Gasteiger charge is -2.36. The van der Waals surface area contributed by atoms with Crippen LogP contribution in [-0.4, -0.2) is 52.5 Å². The van der Waals surface area contributed by atoms with Crippen LogP contribution < -0.4 is 0 Å². The van der Waals surface area contributed by atoms with Crippen molar-refractivity contribution in [1.29, 1.82) is 0 Å². The third kappa shape index (κ3) is 6.05. The lowest BCUT2D eigenvalue weighted by Crippen LogP contribution is -2.45. The third-order valence-electron chi connectivity index (χ3n) is 6.25. The number of hydrogen-bond donors (Lipinski definition) is 2. The number of amides is 1. The van der Waals surface area contributed by atoms with Crippen molar-refractivity contribution in [2.24, 2.45) is 5.92 Å². The van der Waals surface area contributed by atoms with E-state index in [9.17, 15) is 19.1 Å². The van der Waals surface area contributed by atoms with Gasteiger partial charge in [0.05, 0.1) is 12.7 Å². The summed E-state index contributed by atoms with van der Waals surface area (Å²) >= 11 is 0. The highest BCUT2D eigenvalue weighted by molar-refractivity contribution is 5.77. The molecule has 1 aromatic rings. The Morgan fingerprint density at radius 3 is 2.77 bits per heavy atom. The Labute approximate surface area is 176 Å². The molecule has 2 aliphatic rings. The molecule has 1 saturated heterocycles. The Hall–Kier alpha value is -2.41. The molecule has 3 atom stereocenters. The van der Waals surface area contributed by atoms with Crippen LogP contribution in [0.1, 0.15) is 51.0 Å².